The molecule has 0 aliphatic carbocycles. The van der Waals surface area contributed by atoms with Crippen LogP contribution in [0.3, 0.4) is 0 Å². The second kappa shape index (κ2) is 6.41. The van der Waals surface area contributed by atoms with Gasteiger partial charge in [-0.3, -0.25) is 0 Å². The van der Waals surface area contributed by atoms with E-state index in [0.29, 0.717) is 8.95 Å². The third kappa shape index (κ3) is 5.28. The van der Waals surface area contributed by atoms with Crippen molar-refractivity contribution in [3.8, 4) is 5.88 Å². The maximum absolute atomic E-state index is 11.8. The van der Waals surface area contributed by atoms with Gasteiger partial charge in [0.1, 0.15) is 10.8 Å². The normalized spacial score (nSPS) is 13.0. The average Bonchev–Trinajstić information content (AvgIpc) is 2.23. The summed E-state index contributed by atoms with van der Waals surface area (Å²) in [6, 6.07) is 1.70. The second-order valence-electron chi connectivity index (χ2n) is 4.84. The molecule has 1 heterocycles. The zero-order valence-electron chi connectivity index (χ0n) is 11.0. The topological polar surface area (TPSA) is 48.4 Å². The summed E-state index contributed by atoms with van der Waals surface area (Å²) in [6.07, 6.45) is -0.778. The van der Waals surface area contributed by atoms with E-state index < -0.39 is 17.7 Å². The first-order valence-corrected chi connectivity index (χ1v) is 7.47. The predicted molar refractivity (Wildman–Crippen MR) is 80.6 cm³/mol. The van der Waals surface area contributed by atoms with Gasteiger partial charge in [-0.05, 0) is 65.6 Å². The fraction of sp³-hybridized carbons (Fsp3) is 0.500. The Morgan fingerprint density at radius 1 is 1.37 bits per heavy atom. The molecule has 1 rings (SSSR count). The molecule has 0 amide bonds. The van der Waals surface area contributed by atoms with Crippen LogP contribution in [0, 0.1) is 0 Å². The van der Waals surface area contributed by atoms with Crippen LogP contribution in [0.5, 0.6) is 5.88 Å². The first-order chi connectivity index (χ1) is 8.60. The van der Waals surface area contributed by atoms with Gasteiger partial charge in [-0.2, -0.15) is 4.98 Å². The summed E-state index contributed by atoms with van der Waals surface area (Å²) >= 11 is 12.4. The number of carbonyl (C=O) groups excluding carboxylic acids is 1. The molecule has 0 radical (unpaired) electrons. The number of halogens is 3. The highest BCUT2D eigenvalue weighted by Gasteiger charge is 2.24. The fourth-order valence-corrected chi connectivity index (χ4v) is 2.28. The van der Waals surface area contributed by atoms with Gasteiger partial charge in [-0.25, -0.2) is 4.79 Å². The molecule has 1 aromatic heterocycles. The number of pyridine rings is 1. The van der Waals surface area contributed by atoms with Crippen LogP contribution in [0.2, 0.25) is 5.15 Å². The molecule has 0 spiro atoms. The lowest BCUT2D eigenvalue weighted by molar-refractivity contribution is -0.162. The van der Waals surface area contributed by atoms with Crippen LogP contribution in [-0.2, 0) is 9.53 Å². The molecule has 0 aliphatic rings. The Balaban J connectivity index is 2.80. The van der Waals surface area contributed by atoms with E-state index in [0.717, 1.165) is 0 Å². The molecule has 7 heteroatoms. The Bertz CT molecular complexity index is 489. The van der Waals surface area contributed by atoms with Crippen molar-refractivity contribution in [2.45, 2.75) is 39.4 Å². The van der Waals surface area contributed by atoms with Crippen LogP contribution >= 0.6 is 43.5 Å². The highest BCUT2D eigenvalue weighted by atomic mass is 79.9. The largest absolute Gasteiger partial charge is 0.462 e. The van der Waals surface area contributed by atoms with Crippen molar-refractivity contribution >= 4 is 49.4 Å². The lowest BCUT2D eigenvalue weighted by Gasteiger charge is -2.22. The van der Waals surface area contributed by atoms with Crippen LogP contribution in [-0.4, -0.2) is 22.7 Å². The van der Waals surface area contributed by atoms with Crippen LogP contribution in [0.1, 0.15) is 27.7 Å². The Kier molecular flexibility index (Phi) is 5.65. The Labute approximate surface area is 134 Å². The van der Waals surface area contributed by atoms with Crippen LogP contribution in [0.4, 0.5) is 0 Å². The molecule has 106 valence electrons. The summed E-state index contributed by atoms with van der Waals surface area (Å²) in [5.41, 5.74) is -0.559. The van der Waals surface area contributed by atoms with Crippen molar-refractivity contribution in [3.05, 3.63) is 20.2 Å². The molecule has 1 atom stereocenters. The molecular weight excluding hydrogens is 401 g/mol. The number of rotatable bonds is 3. The molecule has 1 unspecified atom stereocenters. The second-order valence-corrected chi connectivity index (χ2v) is 6.91. The molecule has 0 bridgehead atoms. The van der Waals surface area contributed by atoms with Crippen LogP contribution in [0.25, 0.3) is 0 Å². The third-order valence-corrected chi connectivity index (χ3v) is 3.57. The van der Waals surface area contributed by atoms with Crippen molar-refractivity contribution in [1.82, 2.24) is 4.98 Å². The number of aromatic nitrogens is 1. The lowest BCUT2D eigenvalue weighted by Crippen LogP contribution is -2.33. The van der Waals surface area contributed by atoms with Gasteiger partial charge in [-0.1, -0.05) is 11.6 Å². The predicted octanol–water partition coefficient (Wildman–Crippen LogP) is 4.37. The monoisotopic (exact) mass is 413 g/mol. The molecule has 0 saturated carbocycles. The van der Waals surface area contributed by atoms with E-state index >= 15 is 0 Å². The molecule has 0 N–H and O–H groups in total. The number of esters is 1. The third-order valence-electron chi connectivity index (χ3n) is 1.88. The van der Waals surface area contributed by atoms with Gasteiger partial charge in [0, 0.05) is 0 Å². The van der Waals surface area contributed by atoms with Crippen molar-refractivity contribution in [2.24, 2.45) is 0 Å². The zero-order chi connectivity index (χ0) is 14.8. The molecule has 4 nitrogen and oxygen atoms in total. The number of ether oxygens (including phenoxy) is 2. The summed E-state index contributed by atoms with van der Waals surface area (Å²) in [6.45, 7) is 6.98. The Morgan fingerprint density at radius 3 is 2.47 bits per heavy atom. The first-order valence-electron chi connectivity index (χ1n) is 5.51. The van der Waals surface area contributed by atoms with E-state index in [1.807, 2.05) is 0 Å². The standard InChI is InChI=1S/C12H14Br2ClNO3/c1-6(11(17)19-12(2,3)4)18-10-8(14)5-7(13)9(15)16-10/h5-6H,1-4H3. The minimum absolute atomic E-state index is 0.242. The SMILES string of the molecule is CC(Oc1nc(Cl)c(Br)cc1Br)C(=O)OC(C)(C)C. The van der Waals surface area contributed by atoms with E-state index in [9.17, 15) is 4.79 Å². The molecule has 0 aromatic carbocycles. The van der Waals surface area contributed by atoms with Crippen molar-refractivity contribution < 1.29 is 14.3 Å². The van der Waals surface area contributed by atoms with Crippen LogP contribution < -0.4 is 4.74 Å². The quantitative estimate of drug-likeness (QED) is 0.543. The van der Waals surface area contributed by atoms with Crippen molar-refractivity contribution in [2.75, 3.05) is 0 Å². The minimum atomic E-state index is -0.778. The van der Waals surface area contributed by atoms with E-state index in [1.54, 1.807) is 33.8 Å². The van der Waals surface area contributed by atoms with E-state index in [1.165, 1.54) is 0 Å². The molecule has 1 aromatic rings. The van der Waals surface area contributed by atoms with Gasteiger partial charge in [0.25, 0.3) is 0 Å². The molecule has 0 saturated heterocycles. The molecular formula is C12H14Br2ClNO3. The minimum Gasteiger partial charge on any atom is -0.462 e. The zero-order valence-corrected chi connectivity index (χ0v) is 14.9. The maximum Gasteiger partial charge on any atom is 0.347 e. The first kappa shape index (κ1) is 16.7. The van der Waals surface area contributed by atoms with E-state index in [2.05, 4.69) is 36.8 Å². The van der Waals surface area contributed by atoms with Crippen LogP contribution in [0.15, 0.2) is 15.0 Å². The fourth-order valence-electron chi connectivity index (χ4n) is 1.11. The van der Waals surface area contributed by atoms with Gasteiger partial charge in [0.05, 0.1) is 8.95 Å². The number of carbonyl (C=O) groups is 1. The number of hydrogen-bond donors (Lipinski definition) is 0. The van der Waals surface area contributed by atoms with Gasteiger partial charge in [-0.15, -0.1) is 0 Å². The van der Waals surface area contributed by atoms with Gasteiger partial charge in [0.2, 0.25) is 5.88 Å². The maximum atomic E-state index is 11.8. The van der Waals surface area contributed by atoms with E-state index in [4.69, 9.17) is 21.1 Å². The summed E-state index contributed by atoms with van der Waals surface area (Å²) < 4.78 is 11.9. The highest BCUT2D eigenvalue weighted by molar-refractivity contribution is 9.11. The molecule has 19 heavy (non-hydrogen) atoms. The Morgan fingerprint density at radius 2 is 1.95 bits per heavy atom. The Hall–Kier alpha value is -0.330. The lowest BCUT2D eigenvalue weighted by atomic mass is 10.2. The number of nitrogens with zero attached hydrogens (tertiary/aromatic N) is 1. The average molecular weight is 416 g/mol. The van der Waals surface area contributed by atoms with Gasteiger partial charge >= 0.3 is 5.97 Å². The number of hydrogen-bond acceptors (Lipinski definition) is 4. The molecule has 0 fully saturated rings. The summed E-state index contributed by atoms with van der Waals surface area (Å²) in [4.78, 5) is 15.8. The van der Waals surface area contributed by atoms with Crippen molar-refractivity contribution in [3.63, 3.8) is 0 Å². The summed E-state index contributed by atoms with van der Waals surface area (Å²) in [5.74, 6) is -0.216. The summed E-state index contributed by atoms with van der Waals surface area (Å²) in [7, 11) is 0. The summed E-state index contributed by atoms with van der Waals surface area (Å²) in [5, 5.41) is 0.259. The van der Waals surface area contributed by atoms with Gasteiger partial charge < -0.3 is 9.47 Å². The smallest absolute Gasteiger partial charge is 0.347 e. The van der Waals surface area contributed by atoms with E-state index in [-0.39, 0.29) is 11.0 Å². The highest BCUT2D eigenvalue weighted by Crippen LogP contribution is 2.31. The van der Waals surface area contributed by atoms with Gasteiger partial charge in [0.15, 0.2) is 6.10 Å². The van der Waals surface area contributed by atoms with Crippen molar-refractivity contribution in [1.29, 1.82) is 0 Å². The molecule has 0 aliphatic heterocycles.